The van der Waals surface area contributed by atoms with Crippen LogP contribution < -0.4 is 20.2 Å². The molecule has 6 nitrogen and oxygen atoms in total. The maximum absolute atomic E-state index is 12.3. The van der Waals surface area contributed by atoms with E-state index in [1.165, 1.54) is 6.20 Å². The lowest BCUT2D eigenvalue weighted by atomic mass is 10.1. The largest absolute Gasteiger partial charge is 0.544 e. The van der Waals surface area contributed by atoms with Gasteiger partial charge in [0.05, 0.1) is 23.9 Å². The zero-order chi connectivity index (χ0) is 26.8. The molecular formula is C29H33N3O3SSi. The van der Waals surface area contributed by atoms with Crippen molar-refractivity contribution in [3.8, 4) is 11.5 Å². The Balaban J connectivity index is 1.64. The summed E-state index contributed by atoms with van der Waals surface area (Å²) in [6.45, 7) is 11.2. The summed E-state index contributed by atoms with van der Waals surface area (Å²) < 4.78 is 11.8. The van der Waals surface area contributed by atoms with Crippen molar-refractivity contribution in [1.82, 2.24) is 4.98 Å². The molecular weight excluding hydrogens is 498 g/mol. The summed E-state index contributed by atoms with van der Waals surface area (Å²) in [6, 6.07) is 21.7. The number of pyridine rings is 1. The first kappa shape index (κ1) is 26.6. The fourth-order valence-corrected chi connectivity index (χ4v) is 5.45. The summed E-state index contributed by atoms with van der Waals surface area (Å²) >= 11 is 1.63. The predicted octanol–water partition coefficient (Wildman–Crippen LogP) is 7.62. The number of ether oxygens (including phenoxy) is 1. The second-order valence-electron chi connectivity index (χ2n) is 10.4. The monoisotopic (exact) mass is 531 g/mol. The summed E-state index contributed by atoms with van der Waals surface area (Å²) in [5.41, 5.74) is 8.19. The van der Waals surface area contributed by atoms with Crippen molar-refractivity contribution in [2.45, 2.75) is 48.7 Å². The molecule has 0 saturated heterocycles. The van der Waals surface area contributed by atoms with E-state index in [4.69, 9.17) is 14.9 Å². The Labute approximate surface area is 223 Å². The van der Waals surface area contributed by atoms with Crippen LogP contribution in [0, 0.1) is 0 Å². The fraction of sp³-hybridized carbons (Fsp3) is 0.241. The molecule has 0 spiro atoms. The van der Waals surface area contributed by atoms with Gasteiger partial charge in [-0.3, -0.25) is 9.78 Å². The van der Waals surface area contributed by atoms with Crippen LogP contribution in [0.3, 0.4) is 0 Å². The van der Waals surface area contributed by atoms with Crippen molar-refractivity contribution in [3.05, 3.63) is 78.5 Å². The third kappa shape index (κ3) is 6.09. The number of nitrogens with zero attached hydrogens (tertiary/aromatic N) is 1. The maximum atomic E-state index is 12.3. The van der Waals surface area contributed by atoms with E-state index in [9.17, 15) is 4.79 Å². The van der Waals surface area contributed by atoms with Crippen molar-refractivity contribution >= 4 is 48.3 Å². The highest BCUT2D eigenvalue weighted by Gasteiger charge is 2.38. The standard InChI is InChI=1S/C29H33N3O3SSi/c1-29(2,3)37(5,6)35-20-10-12-22(13-11-20)36-23-14-15-26-24(17-23)27(25(18-31-26)28(30)33)32-19-8-7-9-21(16-19)34-4/h7-18H,1-6H3,(H2,30,33)(H,31,32). The van der Waals surface area contributed by atoms with Gasteiger partial charge in [0.2, 0.25) is 8.32 Å². The van der Waals surface area contributed by atoms with Crippen molar-refractivity contribution in [2.24, 2.45) is 5.73 Å². The molecule has 4 rings (SSSR count). The van der Waals surface area contributed by atoms with Crippen molar-refractivity contribution < 1.29 is 14.0 Å². The van der Waals surface area contributed by atoms with E-state index in [-0.39, 0.29) is 5.04 Å². The number of nitrogens with one attached hydrogen (secondary N) is 1. The van der Waals surface area contributed by atoms with Gasteiger partial charge in [-0.15, -0.1) is 0 Å². The number of nitrogens with two attached hydrogens (primary N) is 1. The normalized spacial score (nSPS) is 11.8. The minimum atomic E-state index is -1.89. The predicted molar refractivity (Wildman–Crippen MR) is 155 cm³/mol. The molecule has 37 heavy (non-hydrogen) atoms. The third-order valence-electron chi connectivity index (χ3n) is 6.68. The Bertz CT molecular complexity index is 1430. The van der Waals surface area contributed by atoms with Crippen LogP contribution in [0.25, 0.3) is 10.9 Å². The first-order valence-electron chi connectivity index (χ1n) is 12.1. The lowest BCUT2D eigenvalue weighted by Gasteiger charge is -2.36. The average Bonchev–Trinajstić information content (AvgIpc) is 2.84. The van der Waals surface area contributed by atoms with Gasteiger partial charge in [0.15, 0.2) is 0 Å². The number of hydrogen-bond donors (Lipinski definition) is 2. The number of methoxy groups -OCH3 is 1. The first-order valence-corrected chi connectivity index (χ1v) is 15.8. The Hall–Kier alpha value is -3.49. The summed E-state index contributed by atoms with van der Waals surface area (Å²) in [6.07, 6.45) is 1.51. The molecule has 1 amide bonds. The van der Waals surface area contributed by atoms with E-state index < -0.39 is 14.2 Å². The zero-order valence-electron chi connectivity index (χ0n) is 22.1. The quantitative estimate of drug-likeness (QED) is 0.227. The number of aromatic nitrogens is 1. The lowest BCUT2D eigenvalue weighted by Crippen LogP contribution is -2.43. The third-order valence-corrected chi connectivity index (χ3v) is 12.0. The minimum absolute atomic E-state index is 0.139. The number of hydrogen-bond acceptors (Lipinski definition) is 6. The fourth-order valence-electron chi connectivity index (χ4n) is 3.56. The van der Waals surface area contributed by atoms with Gasteiger partial charge >= 0.3 is 0 Å². The number of primary amides is 1. The molecule has 0 radical (unpaired) electrons. The maximum Gasteiger partial charge on any atom is 0.252 e. The van der Waals surface area contributed by atoms with Gasteiger partial charge in [0.1, 0.15) is 11.5 Å². The lowest BCUT2D eigenvalue weighted by molar-refractivity contribution is 0.100. The number of fused-ring (bicyclic) bond motifs is 1. The van der Waals surface area contributed by atoms with Crippen LogP contribution in [0.4, 0.5) is 11.4 Å². The highest BCUT2D eigenvalue weighted by Crippen LogP contribution is 2.39. The first-order chi connectivity index (χ1) is 17.5. The van der Waals surface area contributed by atoms with Gasteiger partial charge in [-0.1, -0.05) is 38.6 Å². The molecule has 3 N–H and O–H groups in total. The number of benzene rings is 3. The molecule has 8 heteroatoms. The van der Waals surface area contributed by atoms with E-state index in [2.05, 4.69) is 56.3 Å². The Morgan fingerprint density at radius 3 is 2.32 bits per heavy atom. The molecule has 0 aliphatic carbocycles. The Morgan fingerprint density at radius 2 is 1.68 bits per heavy atom. The van der Waals surface area contributed by atoms with E-state index in [1.807, 2.05) is 54.6 Å². The topological polar surface area (TPSA) is 86.5 Å². The van der Waals surface area contributed by atoms with E-state index in [0.717, 1.165) is 32.1 Å². The summed E-state index contributed by atoms with van der Waals surface area (Å²) in [5.74, 6) is 1.06. The van der Waals surface area contributed by atoms with Crippen molar-refractivity contribution in [1.29, 1.82) is 0 Å². The number of carbonyl (C=O) groups excluding carboxylic acids is 1. The van der Waals surface area contributed by atoms with Crippen LogP contribution in [0.15, 0.2) is 82.7 Å². The molecule has 3 aromatic carbocycles. The highest BCUT2D eigenvalue weighted by atomic mass is 32.2. The second-order valence-corrected chi connectivity index (χ2v) is 16.3. The van der Waals surface area contributed by atoms with Gasteiger partial charge < -0.3 is 20.2 Å². The summed E-state index contributed by atoms with van der Waals surface area (Å²) in [5, 5.41) is 4.31. The summed E-state index contributed by atoms with van der Waals surface area (Å²) in [4.78, 5) is 18.8. The molecule has 0 bridgehead atoms. The van der Waals surface area contributed by atoms with Crippen LogP contribution in [0.5, 0.6) is 11.5 Å². The van der Waals surface area contributed by atoms with Gasteiger partial charge in [0, 0.05) is 33.1 Å². The van der Waals surface area contributed by atoms with Gasteiger partial charge in [-0.05, 0) is 72.7 Å². The van der Waals surface area contributed by atoms with Crippen LogP contribution in [-0.2, 0) is 0 Å². The molecule has 0 aliphatic rings. The molecule has 1 heterocycles. The molecule has 0 unspecified atom stereocenters. The number of amides is 1. The highest BCUT2D eigenvalue weighted by molar-refractivity contribution is 7.99. The Kier molecular flexibility index (Phi) is 7.52. The molecule has 4 aromatic rings. The van der Waals surface area contributed by atoms with Gasteiger partial charge in [0.25, 0.3) is 5.91 Å². The van der Waals surface area contributed by atoms with Crippen LogP contribution >= 0.6 is 11.8 Å². The smallest absolute Gasteiger partial charge is 0.252 e. The molecule has 192 valence electrons. The van der Waals surface area contributed by atoms with Gasteiger partial charge in [-0.2, -0.15) is 0 Å². The molecule has 0 fully saturated rings. The number of carbonyl (C=O) groups is 1. The molecule has 0 saturated carbocycles. The molecule has 0 aliphatic heterocycles. The van der Waals surface area contributed by atoms with E-state index in [0.29, 0.717) is 17.0 Å². The van der Waals surface area contributed by atoms with Crippen LogP contribution in [-0.4, -0.2) is 26.3 Å². The Morgan fingerprint density at radius 1 is 0.973 bits per heavy atom. The van der Waals surface area contributed by atoms with Crippen LogP contribution in [0.1, 0.15) is 31.1 Å². The van der Waals surface area contributed by atoms with Crippen molar-refractivity contribution in [3.63, 3.8) is 0 Å². The SMILES string of the molecule is COc1cccc(Nc2c(C(N)=O)cnc3ccc(Sc4ccc(O[Si](C)(C)C(C)(C)C)cc4)cc23)c1. The molecule has 1 aromatic heterocycles. The second kappa shape index (κ2) is 10.5. The number of anilines is 2. The number of rotatable bonds is 8. The molecule has 0 atom stereocenters. The van der Waals surface area contributed by atoms with Crippen LogP contribution in [0.2, 0.25) is 18.1 Å². The zero-order valence-corrected chi connectivity index (χ0v) is 23.9. The average molecular weight is 532 g/mol. The van der Waals surface area contributed by atoms with Crippen molar-refractivity contribution in [2.75, 3.05) is 12.4 Å². The van der Waals surface area contributed by atoms with Gasteiger partial charge in [-0.25, -0.2) is 0 Å². The van der Waals surface area contributed by atoms with E-state index in [1.54, 1.807) is 18.9 Å². The van der Waals surface area contributed by atoms with E-state index >= 15 is 0 Å². The summed E-state index contributed by atoms with van der Waals surface area (Å²) in [7, 11) is -0.277. The minimum Gasteiger partial charge on any atom is -0.544 e.